The van der Waals surface area contributed by atoms with Crippen LogP contribution in [0, 0.1) is 0 Å². The van der Waals surface area contributed by atoms with Crippen LogP contribution in [0.4, 0.5) is 11.4 Å². The smallest absolute Gasteiger partial charge is 0.267 e. The van der Waals surface area contributed by atoms with Gasteiger partial charge < -0.3 is 10.1 Å². The first kappa shape index (κ1) is 19.2. The summed E-state index contributed by atoms with van der Waals surface area (Å²) in [5, 5.41) is 2.70. The number of ether oxygens (including phenoxy) is 1. The number of sulfonamides is 1. The molecule has 0 fully saturated rings. The van der Waals surface area contributed by atoms with Crippen LogP contribution in [0.1, 0.15) is 26.3 Å². The van der Waals surface area contributed by atoms with Gasteiger partial charge in [-0.05, 0) is 35.2 Å². The Kier molecular flexibility index (Phi) is 4.86. The molecule has 1 aromatic heterocycles. The monoisotopic (exact) mass is 389 g/mol. The van der Waals surface area contributed by atoms with Crippen molar-refractivity contribution in [2.75, 3.05) is 22.4 Å². The molecule has 27 heavy (non-hydrogen) atoms. The fourth-order valence-corrected chi connectivity index (χ4v) is 3.73. The number of carbonyl (C=O) groups is 1. The van der Waals surface area contributed by atoms with Crippen LogP contribution in [-0.4, -0.2) is 38.2 Å². The molecular weight excluding hydrogens is 366 g/mol. The minimum Gasteiger partial charge on any atom is -0.476 e. The summed E-state index contributed by atoms with van der Waals surface area (Å²) >= 11 is 0. The highest BCUT2D eigenvalue weighted by Crippen LogP contribution is 2.38. The van der Waals surface area contributed by atoms with E-state index in [2.05, 4.69) is 10.3 Å². The first-order valence-corrected chi connectivity index (χ1v) is 10.4. The standard InChI is InChI=1S/C19H23N3O4S/c1-19(2,3)13-7-8-16-15(10-13)22(27(4,24)25)12-17(26-16)18(23)21-14-6-5-9-20-11-14/h5-11,17H,12H2,1-4H3,(H,21,23). The zero-order valence-electron chi connectivity index (χ0n) is 15.8. The molecule has 3 rings (SSSR count). The maximum Gasteiger partial charge on any atom is 0.267 e. The average Bonchev–Trinajstić information content (AvgIpc) is 2.59. The van der Waals surface area contributed by atoms with Crippen molar-refractivity contribution in [1.82, 2.24) is 4.98 Å². The van der Waals surface area contributed by atoms with E-state index in [1.807, 2.05) is 32.9 Å². The number of anilines is 2. The van der Waals surface area contributed by atoms with Gasteiger partial charge in [-0.1, -0.05) is 26.8 Å². The second-order valence-electron chi connectivity index (χ2n) is 7.56. The number of fused-ring (bicyclic) bond motifs is 1. The number of carbonyl (C=O) groups excluding carboxylic acids is 1. The molecule has 1 aromatic carbocycles. The van der Waals surface area contributed by atoms with Crippen molar-refractivity contribution in [3.05, 3.63) is 48.3 Å². The van der Waals surface area contributed by atoms with Crippen molar-refractivity contribution in [2.24, 2.45) is 0 Å². The predicted molar refractivity (Wildman–Crippen MR) is 105 cm³/mol. The van der Waals surface area contributed by atoms with Crippen molar-refractivity contribution >= 4 is 27.3 Å². The zero-order chi connectivity index (χ0) is 19.8. The highest BCUT2D eigenvalue weighted by Gasteiger charge is 2.35. The van der Waals surface area contributed by atoms with Crippen molar-refractivity contribution in [3.63, 3.8) is 0 Å². The molecule has 7 nitrogen and oxygen atoms in total. The van der Waals surface area contributed by atoms with E-state index < -0.39 is 22.0 Å². The number of amides is 1. The third-order valence-corrected chi connectivity index (χ3v) is 5.46. The summed E-state index contributed by atoms with van der Waals surface area (Å²) in [7, 11) is -3.58. The van der Waals surface area contributed by atoms with Gasteiger partial charge in [0.2, 0.25) is 10.0 Å². The lowest BCUT2D eigenvalue weighted by molar-refractivity contribution is -0.122. The number of pyridine rings is 1. The lowest BCUT2D eigenvalue weighted by Gasteiger charge is -2.35. The Morgan fingerprint density at radius 3 is 2.63 bits per heavy atom. The molecule has 2 aromatic rings. The Balaban J connectivity index is 1.94. The van der Waals surface area contributed by atoms with Crippen LogP contribution < -0.4 is 14.4 Å². The van der Waals surface area contributed by atoms with Crippen molar-refractivity contribution in [3.8, 4) is 5.75 Å². The molecule has 1 unspecified atom stereocenters. The molecule has 8 heteroatoms. The van der Waals surface area contributed by atoms with Crippen molar-refractivity contribution in [2.45, 2.75) is 32.3 Å². The van der Waals surface area contributed by atoms with Crippen LogP contribution in [0.25, 0.3) is 0 Å². The zero-order valence-corrected chi connectivity index (χ0v) is 16.6. The van der Waals surface area contributed by atoms with Crippen LogP contribution in [0.15, 0.2) is 42.7 Å². The third kappa shape index (κ3) is 4.21. The molecule has 1 N–H and O–H groups in total. The fourth-order valence-electron chi connectivity index (χ4n) is 2.83. The molecule has 1 aliphatic rings. The van der Waals surface area contributed by atoms with E-state index in [1.54, 1.807) is 24.4 Å². The minimum atomic E-state index is -3.58. The van der Waals surface area contributed by atoms with Gasteiger partial charge in [0.1, 0.15) is 5.75 Å². The maximum absolute atomic E-state index is 12.6. The molecule has 144 valence electrons. The highest BCUT2D eigenvalue weighted by atomic mass is 32.2. The first-order valence-electron chi connectivity index (χ1n) is 8.55. The summed E-state index contributed by atoms with van der Waals surface area (Å²) < 4.78 is 31.8. The summed E-state index contributed by atoms with van der Waals surface area (Å²) in [5.74, 6) is -0.0618. The van der Waals surface area contributed by atoms with E-state index in [4.69, 9.17) is 4.74 Å². The number of rotatable bonds is 3. The average molecular weight is 389 g/mol. The first-order chi connectivity index (χ1) is 12.6. The van der Waals surface area contributed by atoms with E-state index in [0.29, 0.717) is 17.1 Å². The van der Waals surface area contributed by atoms with Crippen molar-refractivity contribution < 1.29 is 17.9 Å². The number of benzene rings is 1. The van der Waals surface area contributed by atoms with Gasteiger partial charge in [0.25, 0.3) is 5.91 Å². The van der Waals surface area contributed by atoms with Gasteiger partial charge in [-0.2, -0.15) is 0 Å². The van der Waals surface area contributed by atoms with Gasteiger partial charge in [0.05, 0.1) is 30.4 Å². The Bertz CT molecular complexity index is 953. The molecule has 1 amide bonds. The maximum atomic E-state index is 12.6. The Labute approximate surface area is 159 Å². The fraction of sp³-hybridized carbons (Fsp3) is 0.368. The van der Waals surface area contributed by atoms with E-state index in [1.165, 1.54) is 10.5 Å². The molecule has 0 radical (unpaired) electrons. The molecule has 0 aliphatic carbocycles. The van der Waals surface area contributed by atoms with Crippen LogP contribution in [0.5, 0.6) is 5.75 Å². The molecule has 0 saturated carbocycles. The van der Waals surface area contributed by atoms with Crippen LogP contribution >= 0.6 is 0 Å². The van der Waals surface area contributed by atoms with Gasteiger partial charge in [0, 0.05) is 6.20 Å². The summed E-state index contributed by atoms with van der Waals surface area (Å²) in [6.07, 6.45) is 3.27. The van der Waals surface area contributed by atoms with Crippen molar-refractivity contribution in [1.29, 1.82) is 0 Å². The van der Waals surface area contributed by atoms with Gasteiger partial charge >= 0.3 is 0 Å². The topological polar surface area (TPSA) is 88.6 Å². The van der Waals surface area contributed by atoms with Gasteiger partial charge in [-0.15, -0.1) is 0 Å². The normalized spacial score (nSPS) is 17.0. The summed E-state index contributed by atoms with van der Waals surface area (Å²) in [4.78, 5) is 16.5. The SMILES string of the molecule is CC(C)(C)c1ccc2c(c1)N(S(C)(=O)=O)CC(C(=O)Nc1cccnc1)O2. The van der Waals surface area contributed by atoms with Gasteiger partial charge in [-0.25, -0.2) is 8.42 Å². The second-order valence-corrected chi connectivity index (χ2v) is 9.47. The third-order valence-electron chi connectivity index (χ3n) is 4.32. The molecule has 0 saturated heterocycles. The Morgan fingerprint density at radius 2 is 2.04 bits per heavy atom. The van der Waals surface area contributed by atoms with Crippen LogP contribution in [-0.2, 0) is 20.2 Å². The highest BCUT2D eigenvalue weighted by molar-refractivity contribution is 7.92. The van der Waals surface area contributed by atoms with E-state index in [9.17, 15) is 13.2 Å². The van der Waals surface area contributed by atoms with E-state index >= 15 is 0 Å². The van der Waals surface area contributed by atoms with Gasteiger partial charge in [0.15, 0.2) is 6.10 Å². The Morgan fingerprint density at radius 1 is 1.30 bits per heavy atom. The van der Waals surface area contributed by atoms with Gasteiger partial charge in [-0.3, -0.25) is 14.1 Å². The number of aromatic nitrogens is 1. The largest absolute Gasteiger partial charge is 0.476 e. The van der Waals surface area contributed by atoms with E-state index in [-0.39, 0.29) is 12.0 Å². The molecule has 0 bridgehead atoms. The molecular formula is C19H23N3O4S. The Hall–Kier alpha value is -2.61. The number of nitrogens with zero attached hydrogens (tertiary/aromatic N) is 2. The molecule has 1 aliphatic heterocycles. The number of hydrogen-bond donors (Lipinski definition) is 1. The van der Waals surface area contributed by atoms with Crippen LogP contribution in [0.2, 0.25) is 0 Å². The van der Waals surface area contributed by atoms with Crippen LogP contribution in [0.3, 0.4) is 0 Å². The predicted octanol–water partition coefficient (Wildman–Crippen LogP) is 2.54. The lowest BCUT2D eigenvalue weighted by atomic mass is 9.86. The summed E-state index contributed by atoms with van der Waals surface area (Å²) in [6.45, 7) is 6.06. The quantitative estimate of drug-likeness (QED) is 0.871. The second kappa shape index (κ2) is 6.84. The summed E-state index contributed by atoms with van der Waals surface area (Å²) in [6, 6.07) is 8.82. The lowest BCUT2D eigenvalue weighted by Crippen LogP contribution is -2.48. The molecule has 0 spiro atoms. The minimum absolute atomic E-state index is 0.0917. The van der Waals surface area contributed by atoms with E-state index in [0.717, 1.165) is 11.8 Å². The molecule has 1 atom stereocenters. The number of nitrogens with one attached hydrogen (secondary N) is 1. The summed E-state index contributed by atoms with van der Waals surface area (Å²) in [5.41, 5.74) is 1.81. The number of hydrogen-bond acceptors (Lipinski definition) is 5. The molecule has 2 heterocycles.